The first-order chi connectivity index (χ1) is 12.7. The first kappa shape index (κ1) is 20.9. The number of ether oxygens (including phenoxy) is 2. The number of hydrogen-bond acceptors (Lipinski definition) is 4. The van der Waals surface area contributed by atoms with Crippen molar-refractivity contribution >= 4 is 5.91 Å². The maximum absolute atomic E-state index is 12.2. The Bertz CT molecular complexity index is 508. The second-order valence-corrected chi connectivity index (χ2v) is 6.79. The largest absolute Gasteiger partial charge is 0.353 e. The third kappa shape index (κ3) is 7.44. The van der Waals surface area contributed by atoms with Gasteiger partial charge in [0.1, 0.15) is 0 Å². The van der Waals surface area contributed by atoms with Gasteiger partial charge in [0.2, 0.25) is 0 Å². The molecule has 0 spiro atoms. The van der Waals surface area contributed by atoms with E-state index in [0.717, 1.165) is 64.0 Å². The Morgan fingerprint density at radius 1 is 1.19 bits per heavy atom. The Labute approximate surface area is 158 Å². The molecule has 0 saturated carbocycles. The zero-order valence-electron chi connectivity index (χ0n) is 16.3. The summed E-state index contributed by atoms with van der Waals surface area (Å²) in [5.41, 5.74) is 1.77. The van der Waals surface area contributed by atoms with Crippen molar-refractivity contribution in [3.05, 3.63) is 35.4 Å². The molecule has 0 bridgehead atoms. The van der Waals surface area contributed by atoms with Crippen molar-refractivity contribution in [1.29, 1.82) is 0 Å². The molecule has 26 heavy (non-hydrogen) atoms. The van der Waals surface area contributed by atoms with Gasteiger partial charge < -0.3 is 19.7 Å². The van der Waals surface area contributed by atoms with Crippen LogP contribution in [0.15, 0.2) is 24.3 Å². The SMILES string of the molecule is CCN(CC)CCCCNC(=O)c1ccc(COC2CCCCO2)cc1. The van der Waals surface area contributed by atoms with E-state index in [4.69, 9.17) is 9.47 Å². The average Bonchev–Trinajstić information content (AvgIpc) is 2.70. The van der Waals surface area contributed by atoms with Gasteiger partial charge in [-0.3, -0.25) is 4.79 Å². The van der Waals surface area contributed by atoms with Crippen molar-refractivity contribution in [2.75, 3.05) is 32.8 Å². The number of carbonyl (C=O) groups excluding carboxylic acids is 1. The van der Waals surface area contributed by atoms with Gasteiger partial charge in [-0.1, -0.05) is 26.0 Å². The summed E-state index contributed by atoms with van der Waals surface area (Å²) in [6.07, 6.45) is 5.30. The molecule has 1 aromatic rings. The van der Waals surface area contributed by atoms with Crippen molar-refractivity contribution in [2.24, 2.45) is 0 Å². The van der Waals surface area contributed by atoms with E-state index >= 15 is 0 Å². The van der Waals surface area contributed by atoms with Crippen molar-refractivity contribution in [3.63, 3.8) is 0 Å². The van der Waals surface area contributed by atoms with E-state index in [-0.39, 0.29) is 12.2 Å². The first-order valence-electron chi connectivity index (χ1n) is 10.1. The smallest absolute Gasteiger partial charge is 0.251 e. The van der Waals surface area contributed by atoms with Crippen LogP contribution in [0, 0.1) is 0 Å². The molecule has 1 amide bonds. The van der Waals surface area contributed by atoms with Gasteiger partial charge in [-0.15, -0.1) is 0 Å². The summed E-state index contributed by atoms with van der Waals surface area (Å²) in [7, 11) is 0. The van der Waals surface area contributed by atoms with Gasteiger partial charge in [0.15, 0.2) is 6.29 Å². The van der Waals surface area contributed by atoms with Crippen LogP contribution in [0.4, 0.5) is 0 Å². The predicted octanol–water partition coefficient (Wildman–Crippen LogP) is 3.58. The van der Waals surface area contributed by atoms with Crippen LogP contribution in [0.5, 0.6) is 0 Å². The van der Waals surface area contributed by atoms with Crippen LogP contribution in [0.1, 0.15) is 61.9 Å². The highest BCUT2D eigenvalue weighted by Crippen LogP contribution is 2.16. The first-order valence-corrected chi connectivity index (χ1v) is 10.1. The van der Waals surface area contributed by atoms with E-state index in [9.17, 15) is 4.79 Å². The number of carbonyl (C=O) groups is 1. The highest BCUT2D eigenvalue weighted by atomic mass is 16.7. The number of unbranched alkanes of at least 4 members (excludes halogenated alkanes) is 1. The molecular formula is C21H34N2O3. The molecule has 1 atom stereocenters. The number of amides is 1. The van der Waals surface area contributed by atoms with E-state index in [1.54, 1.807) is 0 Å². The minimum atomic E-state index is -0.0805. The van der Waals surface area contributed by atoms with Crippen molar-refractivity contribution < 1.29 is 14.3 Å². The summed E-state index contributed by atoms with van der Waals surface area (Å²) in [5, 5.41) is 3.00. The van der Waals surface area contributed by atoms with Gasteiger partial charge >= 0.3 is 0 Å². The molecule has 0 aliphatic carbocycles. The van der Waals surface area contributed by atoms with Crippen LogP contribution in [0.25, 0.3) is 0 Å². The van der Waals surface area contributed by atoms with Crippen LogP contribution < -0.4 is 5.32 Å². The molecule has 1 fully saturated rings. The molecule has 0 radical (unpaired) electrons. The molecule has 146 valence electrons. The topological polar surface area (TPSA) is 50.8 Å². The van der Waals surface area contributed by atoms with Gasteiger partial charge in [-0.2, -0.15) is 0 Å². The fraction of sp³-hybridized carbons (Fsp3) is 0.667. The van der Waals surface area contributed by atoms with E-state index in [1.165, 1.54) is 6.42 Å². The maximum atomic E-state index is 12.2. The summed E-state index contributed by atoms with van der Waals surface area (Å²) in [6.45, 7) is 9.69. The molecule has 5 heteroatoms. The second kappa shape index (κ2) is 12.0. The molecule has 1 N–H and O–H groups in total. The molecule has 1 saturated heterocycles. The second-order valence-electron chi connectivity index (χ2n) is 6.79. The number of benzene rings is 1. The molecular weight excluding hydrogens is 328 g/mol. The lowest BCUT2D eigenvalue weighted by Crippen LogP contribution is -2.27. The molecule has 1 unspecified atom stereocenters. The van der Waals surface area contributed by atoms with Gasteiger partial charge in [0.25, 0.3) is 5.91 Å². The molecule has 1 heterocycles. The minimum Gasteiger partial charge on any atom is -0.353 e. The normalized spacial score (nSPS) is 17.4. The Morgan fingerprint density at radius 3 is 2.62 bits per heavy atom. The summed E-state index contributed by atoms with van der Waals surface area (Å²) in [6, 6.07) is 7.65. The third-order valence-corrected chi connectivity index (χ3v) is 4.87. The average molecular weight is 363 g/mol. The van der Waals surface area contributed by atoms with Gasteiger partial charge in [-0.25, -0.2) is 0 Å². The highest BCUT2D eigenvalue weighted by molar-refractivity contribution is 5.94. The van der Waals surface area contributed by atoms with Gasteiger partial charge in [0, 0.05) is 18.7 Å². The summed E-state index contributed by atoms with van der Waals surface area (Å²) >= 11 is 0. The van der Waals surface area contributed by atoms with E-state index in [0.29, 0.717) is 12.2 Å². The Balaban J connectivity index is 1.64. The Kier molecular flexibility index (Phi) is 9.67. The fourth-order valence-corrected chi connectivity index (χ4v) is 3.09. The van der Waals surface area contributed by atoms with Gasteiger partial charge in [0.05, 0.1) is 6.61 Å². The molecule has 1 aliphatic rings. The van der Waals surface area contributed by atoms with Crippen LogP contribution in [-0.2, 0) is 16.1 Å². The number of nitrogens with zero attached hydrogens (tertiary/aromatic N) is 1. The molecule has 0 aromatic heterocycles. The number of nitrogens with one attached hydrogen (secondary N) is 1. The molecule has 2 rings (SSSR count). The number of hydrogen-bond donors (Lipinski definition) is 1. The lowest BCUT2D eigenvalue weighted by molar-refractivity contribution is -0.168. The fourth-order valence-electron chi connectivity index (χ4n) is 3.09. The van der Waals surface area contributed by atoms with Crippen LogP contribution in [0.3, 0.4) is 0 Å². The standard InChI is InChI=1S/C21H34N2O3/c1-3-23(4-2)15-7-6-14-22-21(24)19-12-10-18(11-13-19)17-26-20-9-5-8-16-25-20/h10-13,20H,3-9,14-17H2,1-2H3,(H,22,24). The van der Waals surface area contributed by atoms with E-state index in [1.807, 2.05) is 24.3 Å². The molecule has 5 nitrogen and oxygen atoms in total. The number of rotatable bonds is 11. The van der Waals surface area contributed by atoms with Gasteiger partial charge in [-0.05, 0) is 69.4 Å². The highest BCUT2D eigenvalue weighted by Gasteiger charge is 2.14. The summed E-state index contributed by atoms with van der Waals surface area (Å²) in [5.74, 6) is -0.00378. The van der Waals surface area contributed by atoms with Crippen LogP contribution >= 0.6 is 0 Å². The molecule has 1 aliphatic heterocycles. The lowest BCUT2D eigenvalue weighted by atomic mass is 10.1. The van der Waals surface area contributed by atoms with Crippen molar-refractivity contribution in [1.82, 2.24) is 10.2 Å². The maximum Gasteiger partial charge on any atom is 0.251 e. The lowest BCUT2D eigenvalue weighted by Gasteiger charge is -2.22. The minimum absolute atomic E-state index is 0.00378. The quantitative estimate of drug-likeness (QED) is 0.611. The van der Waals surface area contributed by atoms with E-state index in [2.05, 4.69) is 24.1 Å². The molecule has 1 aromatic carbocycles. The van der Waals surface area contributed by atoms with E-state index < -0.39 is 0 Å². The predicted molar refractivity (Wildman–Crippen MR) is 104 cm³/mol. The Hall–Kier alpha value is -1.43. The van der Waals surface area contributed by atoms with Crippen molar-refractivity contribution in [3.8, 4) is 0 Å². The summed E-state index contributed by atoms with van der Waals surface area (Å²) < 4.78 is 11.3. The van der Waals surface area contributed by atoms with Crippen LogP contribution in [0.2, 0.25) is 0 Å². The van der Waals surface area contributed by atoms with Crippen molar-refractivity contribution in [2.45, 2.75) is 58.8 Å². The van der Waals surface area contributed by atoms with Crippen LogP contribution in [-0.4, -0.2) is 49.9 Å². The zero-order valence-corrected chi connectivity index (χ0v) is 16.3. The Morgan fingerprint density at radius 2 is 1.96 bits per heavy atom. The zero-order chi connectivity index (χ0) is 18.6. The third-order valence-electron chi connectivity index (χ3n) is 4.87. The summed E-state index contributed by atoms with van der Waals surface area (Å²) in [4.78, 5) is 14.6. The monoisotopic (exact) mass is 362 g/mol.